The van der Waals surface area contributed by atoms with Crippen molar-refractivity contribution in [1.82, 2.24) is 9.88 Å². The van der Waals surface area contributed by atoms with Gasteiger partial charge in [-0.3, -0.25) is 24.5 Å². The minimum absolute atomic E-state index is 0.0202. The summed E-state index contributed by atoms with van der Waals surface area (Å²) in [7, 11) is 1.85. The van der Waals surface area contributed by atoms with Crippen LogP contribution < -0.4 is 5.32 Å². The Morgan fingerprint density at radius 1 is 1.18 bits per heavy atom. The summed E-state index contributed by atoms with van der Waals surface area (Å²) in [5.41, 5.74) is 2.37. The summed E-state index contributed by atoms with van der Waals surface area (Å²) < 4.78 is 6.85. The lowest BCUT2D eigenvalue weighted by Gasteiger charge is -2.06. The predicted octanol–water partition coefficient (Wildman–Crippen LogP) is 2.10. The maximum Gasteiger partial charge on any atom is 0.308 e. The molecule has 1 amide bonds. The van der Waals surface area contributed by atoms with Crippen molar-refractivity contribution in [3.05, 3.63) is 63.0 Å². The van der Waals surface area contributed by atoms with E-state index in [0.717, 1.165) is 11.4 Å². The van der Waals surface area contributed by atoms with Crippen LogP contribution in [0.15, 0.2) is 30.3 Å². The van der Waals surface area contributed by atoms with Gasteiger partial charge in [0.05, 0.1) is 11.3 Å². The van der Waals surface area contributed by atoms with Crippen molar-refractivity contribution in [1.29, 1.82) is 0 Å². The number of rotatable bonds is 8. The number of nitrogens with one attached hydrogen (secondary N) is 1. The number of aryl methyl sites for hydroxylation is 1. The van der Waals surface area contributed by atoms with Gasteiger partial charge in [-0.15, -0.1) is 0 Å². The predicted molar refractivity (Wildman–Crippen MR) is 100 cm³/mol. The van der Waals surface area contributed by atoms with Gasteiger partial charge in [-0.1, -0.05) is 0 Å². The number of amides is 1. The Labute approximate surface area is 161 Å². The Hall–Kier alpha value is -3.49. The highest BCUT2D eigenvalue weighted by molar-refractivity contribution is 5.99. The molecule has 1 N–H and O–H groups in total. The van der Waals surface area contributed by atoms with Crippen LogP contribution in [0.1, 0.15) is 38.5 Å². The van der Waals surface area contributed by atoms with Crippen LogP contribution in [0.25, 0.3) is 0 Å². The van der Waals surface area contributed by atoms with Crippen molar-refractivity contribution in [3.63, 3.8) is 0 Å². The first-order valence-corrected chi connectivity index (χ1v) is 8.55. The number of carbonyl (C=O) groups excluding carboxylic acids is 3. The Morgan fingerprint density at radius 3 is 2.36 bits per heavy atom. The van der Waals surface area contributed by atoms with Gasteiger partial charge in [0, 0.05) is 48.2 Å². The Kier molecular flexibility index (Phi) is 6.64. The number of non-ortho nitro benzene ring substituents is 1. The van der Waals surface area contributed by atoms with Gasteiger partial charge >= 0.3 is 5.97 Å². The molecule has 0 aliphatic carbocycles. The molecule has 2 aromatic rings. The molecule has 1 aromatic heterocycles. The monoisotopic (exact) mass is 387 g/mol. The van der Waals surface area contributed by atoms with E-state index in [2.05, 4.69) is 5.32 Å². The van der Waals surface area contributed by atoms with E-state index < -0.39 is 16.8 Å². The van der Waals surface area contributed by atoms with Crippen LogP contribution in [-0.4, -0.2) is 40.3 Å². The lowest BCUT2D eigenvalue weighted by atomic mass is 10.1. The highest BCUT2D eigenvalue weighted by Gasteiger charge is 2.16. The SMILES string of the molecule is Cc1cc(C(=O)COC(=O)CCNC(=O)c2ccc([N+](=O)[O-])cc2)c(C)n1C. The molecule has 9 nitrogen and oxygen atoms in total. The van der Waals surface area contributed by atoms with Crippen molar-refractivity contribution < 1.29 is 24.0 Å². The van der Waals surface area contributed by atoms with Gasteiger partial charge < -0.3 is 14.6 Å². The van der Waals surface area contributed by atoms with E-state index in [1.807, 2.05) is 25.5 Å². The molecule has 9 heteroatoms. The van der Waals surface area contributed by atoms with Gasteiger partial charge in [0.15, 0.2) is 6.61 Å². The fourth-order valence-electron chi connectivity index (χ4n) is 2.55. The molecule has 0 atom stereocenters. The van der Waals surface area contributed by atoms with Crippen molar-refractivity contribution in [2.24, 2.45) is 7.05 Å². The molecule has 0 fully saturated rings. The van der Waals surface area contributed by atoms with Gasteiger partial charge in [-0.2, -0.15) is 0 Å². The third-order valence-electron chi connectivity index (χ3n) is 4.39. The Morgan fingerprint density at radius 2 is 1.82 bits per heavy atom. The summed E-state index contributed by atoms with van der Waals surface area (Å²) in [5, 5.41) is 13.1. The molecule has 148 valence electrons. The van der Waals surface area contributed by atoms with Gasteiger partial charge in [0.2, 0.25) is 5.78 Å². The van der Waals surface area contributed by atoms with E-state index in [1.165, 1.54) is 24.3 Å². The van der Waals surface area contributed by atoms with Gasteiger partial charge in [-0.25, -0.2) is 0 Å². The van der Waals surface area contributed by atoms with Crippen molar-refractivity contribution in [3.8, 4) is 0 Å². The number of carbonyl (C=O) groups is 3. The maximum absolute atomic E-state index is 12.2. The fourth-order valence-corrected chi connectivity index (χ4v) is 2.55. The molecule has 0 radical (unpaired) electrons. The Bertz CT molecular complexity index is 914. The number of hydrogen-bond acceptors (Lipinski definition) is 6. The van der Waals surface area contributed by atoms with Gasteiger partial charge in [0.25, 0.3) is 11.6 Å². The number of nitro groups is 1. The molecule has 2 rings (SSSR count). The Balaban J connectivity index is 1.76. The number of esters is 1. The molecule has 0 saturated carbocycles. The summed E-state index contributed by atoms with van der Waals surface area (Å²) in [6, 6.07) is 6.85. The number of hydrogen-bond donors (Lipinski definition) is 1. The van der Waals surface area contributed by atoms with Crippen LogP contribution in [-0.2, 0) is 16.6 Å². The minimum Gasteiger partial charge on any atom is -0.457 e. The first kappa shape index (κ1) is 20.8. The quantitative estimate of drug-likeness (QED) is 0.320. The van der Waals surface area contributed by atoms with E-state index in [0.29, 0.717) is 5.56 Å². The molecule has 1 aromatic carbocycles. The highest BCUT2D eigenvalue weighted by Crippen LogP contribution is 2.14. The molecular formula is C19H21N3O6. The summed E-state index contributed by atoms with van der Waals surface area (Å²) in [6.45, 7) is 3.35. The summed E-state index contributed by atoms with van der Waals surface area (Å²) in [4.78, 5) is 45.9. The number of Topliss-reactive ketones (excluding diaryl/α,β-unsaturated/α-hetero) is 1. The third kappa shape index (κ3) is 5.03. The second-order valence-electron chi connectivity index (χ2n) is 6.24. The standard InChI is InChI=1S/C19H21N3O6/c1-12-10-16(13(2)21(12)3)17(23)11-28-18(24)8-9-20-19(25)14-4-6-15(7-5-14)22(26)27/h4-7,10H,8-9,11H2,1-3H3,(H,20,25). The topological polar surface area (TPSA) is 121 Å². The zero-order valence-corrected chi connectivity index (χ0v) is 15.9. The van der Waals surface area contributed by atoms with Crippen LogP contribution in [0.5, 0.6) is 0 Å². The van der Waals surface area contributed by atoms with E-state index in [9.17, 15) is 24.5 Å². The van der Waals surface area contributed by atoms with Crippen molar-refractivity contribution >= 4 is 23.3 Å². The molecule has 0 unspecified atom stereocenters. The van der Waals surface area contributed by atoms with Crippen LogP contribution in [0.2, 0.25) is 0 Å². The second-order valence-corrected chi connectivity index (χ2v) is 6.24. The second kappa shape index (κ2) is 8.94. The van der Waals surface area contributed by atoms with E-state index in [4.69, 9.17) is 4.74 Å². The molecule has 0 aliphatic rings. The van der Waals surface area contributed by atoms with Crippen LogP contribution in [0.4, 0.5) is 5.69 Å². The average molecular weight is 387 g/mol. The number of aromatic nitrogens is 1. The largest absolute Gasteiger partial charge is 0.457 e. The van der Waals surface area contributed by atoms with Crippen LogP contribution in [0, 0.1) is 24.0 Å². The fraction of sp³-hybridized carbons (Fsp3) is 0.316. The molecule has 0 saturated heterocycles. The van der Waals surface area contributed by atoms with E-state index in [-0.39, 0.29) is 36.6 Å². The lowest BCUT2D eigenvalue weighted by Crippen LogP contribution is -2.27. The number of nitrogens with zero attached hydrogens (tertiary/aromatic N) is 2. The molecule has 28 heavy (non-hydrogen) atoms. The van der Waals surface area contributed by atoms with Gasteiger partial charge in [0.1, 0.15) is 0 Å². The van der Waals surface area contributed by atoms with E-state index in [1.54, 1.807) is 6.07 Å². The first-order valence-electron chi connectivity index (χ1n) is 8.55. The summed E-state index contributed by atoms with van der Waals surface area (Å²) in [5.74, 6) is -1.36. The molecule has 0 spiro atoms. The van der Waals surface area contributed by atoms with Crippen LogP contribution in [0.3, 0.4) is 0 Å². The number of nitro benzene ring substituents is 1. The van der Waals surface area contributed by atoms with E-state index >= 15 is 0 Å². The highest BCUT2D eigenvalue weighted by atomic mass is 16.6. The van der Waals surface area contributed by atoms with Gasteiger partial charge in [-0.05, 0) is 32.0 Å². The lowest BCUT2D eigenvalue weighted by molar-refractivity contribution is -0.384. The molecule has 0 bridgehead atoms. The molecule has 1 heterocycles. The first-order chi connectivity index (χ1) is 13.2. The van der Waals surface area contributed by atoms with Crippen molar-refractivity contribution in [2.75, 3.05) is 13.2 Å². The zero-order valence-electron chi connectivity index (χ0n) is 15.9. The van der Waals surface area contributed by atoms with Crippen molar-refractivity contribution in [2.45, 2.75) is 20.3 Å². The number of ether oxygens (including phenoxy) is 1. The summed E-state index contributed by atoms with van der Waals surface area (Å²) in [6.07, 6.45) is -0.0984. The average Bonchev–Trinajstić information content (AvgIpc) is 2.93. The van der Waals surface area contributed by atoms with Crippen LogP contribution >= 0.6 is 0 Å². The molecular weight excluding hydrogens is 366 g/mol. The third-order valence-corrected chi connectivity index (χ3v) is 4.39. The number of benzene rings is 1. The minimum atomic E-state index is -0.609. The number of ketones is 1. The normalized spacial score (nSPS) is 10.4. The molecule has 0 aliphatic heterocycles. The smallest absolute Gasteiger partial charge is 0.308 e. The zero-order chi connectivity index (χ0) is 20.8. The summed E-state index contributed by atoms with van der Waals surface area (Å²) >= 11 is 0. The maximum atomic E-state index is 12.2.